The van der Waals surface area contributed by atoms with Gasteiger partial charge in [-0.3, -0.25) is 4.90 Å². The second-order valence-corrected chi connectivity index (χ2v) is 7.21. The van der Waals surface area contributed by atoms with Crippen LogP contribution in [0.15, 0.2) is 66.7 Å². The lowest BCUT2D eigenvalue weighted by atomic mass is 9.98. The number of aliphatic carboxylic acids is 1. The third-order valence-electron chi connectivity index (χ3n) is 5.54. The van der Waals surface area contributed by atoms with Gasteiger partial charge in [-0.1, -0.05) is 54.6 Å². The summed E-state index contributed by atoms with van der Waals surface area (Å²) < 4.78 is 33.5. The van der Waals surface area contributed by atoms with E-state index in [9.17, 15) is 23.5 Å². The molecule has 0 fully saturated rings. The van der Waals surface area contributed by atoms with E-state index in [0.717, 1.165) is 35.3 Å². The summed E-state index contributed by atoms with van der Waals surface area (Å²) >= 11 is 0. The summed E-state index contributed by atoms with van der Waals surface area (Å²) in [4.78, 5) is 26.2. The molecule has 7 heteroatoms. The number of ether oxygens (including phenoxy) is 1. The van der Waals surface area contributed by atoms with Gasteiger partial charge in [0.15, 0.2) is 0 Å². The number of hydrogen-bond acceptors (Lipinski definition) is 3. The summed E-state index contributed by atoms with van der Waals surface area (Å²) in [5, 5.41) is 9.99. The average Bonchev–Trinajstić information content (AvgIpc) is 3.09. The van der Waals surface area contributed by atoms with Crippen LogP contribution in [0.25, 0.3) is 11.1 Å². The largest absolute Gasteiger partial charge is 0.480 e. The molecule has 5 nitrogen and oxygen atoms in total. The Morgan fingerprint density at radius 3 is 1.94 bits per heavy atom. The van der Waals surface area contributed by atoms with Gasteiger partial charge in [0, 0.05) is 12.0 Å². The molecule has 0 unspecified atom stereocenters. The Morgan fingerprint density at radius 1 is 0.935 bits per heavy atom. The molecular formula is C24H19F2NO4. The predicted molar refractivity (Wildman–Crippen MR) is 109 cm³/mol. The average molecular weight is 423 g/mol. The fraction of sp³-hybridized carbons (Fsp3) is 0.167. The standard InChI is InChI=1S/C24H19F2NO4/c1-31-24(30)27(21(23(28)29)13-18-19(25)11-6-12-20(18)26)22-16-9-4-2-7-14(16)15-8-3-5-10-17(15)22/h2-12,21-22H,13H2,1H3,(H,28,29)/t21-/m0/s1. The normalized spacial score (nSPS) is 13.3. The number of hydrogen-bond donors (Lipinski definition) is 1. The van der Waals surface area contributed by atoms with Crippen molar-refractivity contribution in [2.45, 2.75) is 18.5 Å². The lowest BCUT2D eigenvalue weighted by molar-refractivity contribution is -0.143. The molecule has 0 saturated carbocycles. The van der Waals surface area contributed by atoms with Gasteiger partial charge in [-0.05, 0) is 34.4 Å². The van der Waals surface area contributed by atoms with Crippen molar-refractivity contribution >= 4 is 12.1 Å². The number of halogens is 2. The summed E-state index contributed by atoms with van der Waals surface area (Å²) in [6.45, 7) is 0. The van der Waals surface area contributed by atoms with E-state index < -0.39 is 47.8 Å². The van der Waals surface area contributed by atoms with Crippen molar-refractivity contribution in [2.24, 2.45) is 0 Å². The maximum absolute atomic E-state index is 14.3. The monoisotopic (exact) mass is 423 g/mol. The highest BCUT2D eigenvalue weighted by atomic mass is 19.1. The van der Waals surface area contributed by atoms with Gasteiger partial charge in [0.2, 0.25) is 0 Å². The zero-order chi connectivity index (χ0) is 22.1. The van der Waals surface area contributed by atoms with Crippen LogP contribution in [-0.2, 0) is 16.0 Å². The molecule has 31 heavy (non-hydrogen) atoms. The molecule has 0 spiro atoms. The van der Waals surface area contributed by atoms with Crippen LogP contribution in [0.5, 0.6) is 0 Å². The lowest BCUT2D eigenvalue weighted by Crippen LogP contribution is -2.48. The number of rotatable bonds is 5. The van der Waals surface area contributed by atoms with E-state index in [-0.39, 0.29) is 0 Å². The Labute approximate surface area is 177 Å². The molecule has 1 aliphatic rings. The zero-order valence-electron chi connectivity index (χ0n) is 16.6. The first-order valence-corrected chi connectivity index (χ1v) is 9.64. The van der Waals surface area contributed by atoms with E-state index in [4.69, 9.17) is 4.74 Å². The first-order valence-electron chi connectivity index (χ1n) is 9.64. The minimum Gasteiger partial charge on any atom is -0.480 e. The third kappa shape index (κ3) is 3.52. The van der Waals surface area contributed by atoms with Crippen molar-refractivity contribution in [1.82, 2.24) is 4.90 Å². The second-order valence-electron chi connectivity index (χ2n) is 7.21. The zero-order valence-corrected chi connectivity index (χ0v) is 16.6. The number of fused-ring (bicyclic) bond motifs is 3. The minimum atomic E-state index is -1.57. The van der Waals surface area contributed by atoms with E-state index >= 15 is 0 Å². The molecule has 3 aromatic carbocycles. The molecule has 4 rings (SSSR count). The maximum Gasteiger partial charge on any atom is 0.411 e. The Balaban J connectivity index is 1.87. The fourth-order valence-corrected chi connectivity index (χ4v) is 4.17. The molecule has 1 N–H and O–H groups in total. The number of amides is 1. The highest BCUT2D eigenvalue weighted by Gasteiger charge is 2.42. The highest BCUT2D eigenvalue weighted by molar-refractivity contribution is 5.85. The number of carbonyl (C=O) groups excluding carboxylic acids is 1. The first-order chi connectivity index (χ1) is 14.9. The van der Waals surface area contributed by atoms with Gasteiger partial charge in [0.1, 0.15) is 17.7 Å². The molecule has 0 aromatic heterocycles. The molecule has 1 atom stereocenters. The topological polar surface area (TPSA) is 66.8 Å². The number of carbonyl (C=O) groups is 2. The van der Waals surface area contributed by atoms with Crippen LogP contribution >= 0.6 is 0 Å². The van der Waals surface area contributed by atoms with Crippen LogP contribution in [0, 0.1) is 11.6 Å². The first kappa shape index (κ1) is 20.5. The van der Waals surface area contributed by atoms with Gasteiger partial charge in [-0.15, -0.1) is 0 Å². The van der Waals surface area contributed by atoms with E-state index in [2.05, 4.69) is 0 Å². The van der Waals surface area contributed by atoms with Gasteiger partial charge in [0.05, 0.1) is 13.2 Å². The molecular weight excluding hydrogens is 404 g/mol. The Bertz CT molecular complexity index is 1100. The number of carboxylic acids is 1. The molecule has 1 amide bonds. The molecule has 0 bridgehead atoms. The second kappa shape index (κ2) is 8.18. The molecule has 3 aromatic rings. The number of carboxylic acid groups (broad SMARTS) is 1. The third-order valence-corrected chi connectivity index (χ3v) is 5.54. The van der Waals surface area contributed by atoms with Crippen molar-refractivity contribution in [3.05, 3.63) is 95.1 Å². The van der Waals surface area contributed by atoms with Crippen LogP contribution in [0.1, 0.15) is 22.7 Å². The van der Waals surface area contributed by atoms with Gasteiger partial charge >= 0.3 is 12.1 Å². The molecule has 0 radical (unpaired) electrons. The smallest absolute Gasteiger partial charge is 0.411 e. The van der Waals surface area contributed by atoms with Crippen LogP contribution in [0.2, 0.25) is 0 Å². The highest BCUT2D eigenvalue weighted by Crippen LogP contribution is 2.47. The van der Waals surface area contributed by atoms with Gasteiger partial charge in [0.25, 0.3) is 0 Å². The van der Waals surface area contributed by atoms with E-state index in [0.29, 0.717) is 11.1 Å². The van der Waals surface area contributed by atoms with Crippen molar-refractivity contribution in [1.29, 1.82) is 0 Å². The number of nitrogens with zero attached hydrogens (tertiary/aromatic N) is 1. The molecule has 158 valence electrons. The molecule has 0 heterocycles. The molecule has 0 aliphatic heterocycles. The SMILES string of the molecule is COC(=O)N(C1c2ccccc2-c2ccccc21)[C@@H](Cc1c(F)cccc1F)C(=O)O. The van der Waals surface area contributed by atoms with E-state index in [1.807, 2.05) is 24.3 Å². The van der Waals surface area contributed by atoms with Crippen LogP contribution in [0.3, 0.4) is 0 Å². The van der Waals surface area contributed by atoms with Crippen molar-refractivity contribution < 1.29 is 28.2 Å². The quantitative estimate of drug-likeness (QED) is 0.640. The van der Waals surface area contributed by atoms with Crippen LogP contribution in [-0.4, -0.2) is 35.2 Å². The number of benzene rings is 3. The summed E-state index contributed by atoms with van der Waals surface area (Å²) in [7, 11) is 1.14. The predicted octanol–water partition coefficient (Wildman–Crippen LogP) is 4.80. The summed E-state index contributed by atoms with van der Waals surface area (Å²) in [6.07, 6.45) is -1.45. The van der Waals surface area contributed by atoms with Crippen LogP contribution in [0.4, 0.5) is 13.6 Å². The molecule has 0 saturated heterocycles. The molecule has 1 aliphatic carbocycles. The lowest BCUT2D eigenvalue weighted by Gasteiger charge is -2.34. The summed E-state index contributed by atoms with van der Waals surface area (Å²) in [6, 6.07) is 15.6. The minimum absolute atomic E-state index is 0.400. The van der Waals surface area contributed by atoms with Gasteiger partial charge in [-0.25, -0.2) is 18.4 Å². The van der Waals surface area contributed by atoms with Crippen molar-refractivity contribution in [3.8, 4) is 11.1 Å². The maximum atomic E-state index is 14.3. The number of methoxy groups -OCH3 is 1. The summed E-state index contributed by atoms with van der Waals surface area (Å²) in [5.74, 6) is -3.14. The van der Waals surface area contributed by atoms with Crippen molar-refractivity contribution in [3.63, 3.8) is 0 Å². The summed E-state index contributed by atoms with van der Waals surface area (Å²) in [5.41, 5.74) is 2.75. The van der Waals surface area contributed by atoms with E-state index in [1.54, 1.807) is 24.3 Å². The Hall–Kier alpha value is -3.74. The Morgan fingerprint density at radius 2 is 1.45 bits per heavy atom. The van der Waals surface area contributed by atoms with Crippen LogP contribution < -0.4 is 0 Å². The van der Waals surface area contributed by atoms with Gasteiger partial charge in [-0.2, -0.15) is 0 Å². The fourth-order valence-electron chi connectivity index (χ4n) is 4.17. The van der Waals surface area contributed by atoms with Crippen molar-refractivity contribution in [2.75, 3.05) is 7.11 Å². The van der Waals surface area contributed by atoms with Gasteiger partial charge < -0.3 is 9.84 Å². The van der Waals surface area contributed by atoms with E-state index in [1.165, 1.54) is 6.07 Å². The Kier molecular flexibility index (Phi) is 5.42.